The summed E-state index contributed by atoms with van der Waals surface area (Å²) in [5.74, 6) is 0.434. The van der Waals surface area contributed by atoms with Gasteiger partial charge in [-0.1, -0.05) is 13.3 Å². The Labute approximate surface area is 112 Å². The topological polar surface area (TPSA) is 68.1 Å². The largest absolute Gasteiger partial charge is 0.427 e. The molecule has 1 aromatic carbocycles. The van der Waals surface area contributed by atoms with E-state index in [1.54, 1.807) is 0 Å². The normalized spacial score (nSPS) is 10.8. The van der Waals surface area contributed by atoms with Crippen LogP contribution in [0.15, 0.2) is 24.4 Å². The maximum atomic E-state index is 11.6. The van der Waals surface area contributed by atoms with Gasteiger partial charge in [-0.15, -0.1) is 0 Å². The van der Waals surface area contributed by atoms with Crippen LogP contribution in [-0.4, -0.2) is 17.5 Å². The number of hydrogen-bond donors (Lipinski definition) is 2. The molecule has 0 saturated heterocycles. The highest BCUT2D eigenvalue weighted by Crippen LogP contribution is 2.24. The van der Waals surface area contributed by atoms with E-state index >= 15 is 0 Å². The van der Waals surface area contributed by atoms with Gasteiger partial charge in [0.1, 0.15) is 5.75 Å². The number of carbonyl (C=O) groups excluding carboxylic acids is 1. The molecule has 2 aromatic rings. The standard InChI is InChI=1S/C15H20N2O2/c1-2-3-4-15(18)19-12-5-6-14-13(9-12)11(7-8-16)10-17-14/h5-6,9-10,17H,2-4,7-8,16H2,1H3. The van der Waals surface area contributed by atoms with Crippen LogP contribution in [0.3, 0.4) is 0 Å². The number of carbonyl (C=O) groups is 1. The molecule has 0 radical (unpaired) electrons. The zero-order valence-corrected chi connectivity index (χ0v) is 11.2. The molecule has 0 unspecified atom stereocenters. The molecule has 0 bridgehead atoms. The smallest absolute Gasteiger partial charge is 0.311 e. The lowest BCUT2D eigenvalue weighted by Gasteiger charge is -2.04. The summed E-state index contributed by atoms with van der Waals surface area (Å²) in [6.45, 7) is 2.66. The number of aromatic amines is 1. The number of hydrogen-bond acceptors (Lipinski definition) is 3. The van der Waals surface area contributed by atoms with E-state index in [1.165, 1.54) is 0 Å². The Morgan fingerprint density at radius 2 is 2.26 bits per heavy atom. The van der Waals surface area contributed by atoms with Gasteiger partial charge in [-0.3, -0.25) is 4.79 Å². The van der Waals surface area contributed by atoms with E-state index in [1.807, 2.05) is 24.4 Å². The summed E-state index contributed by atoms with van der Waals surface area (Å²) in [6, 6.07) is 5.65. The Hall–Kier alpha value is -1.81. The van der Waals surface area contributed by atoms with Crippen molar-refractivity contribution in [3.8, 4) is 5.75 Å². The second-order valence-corrected chi connectivity index (χ2v) is 4.64. The zero-order valence-electron chi connectivity index (χ0n) is 11.2. The van der Waals surface area contributed by atoms with E-state index in [0.717, 1.165) is 35.7 Å². The van der Waals surface area contributed by atoms with Crippen molar-refractivity contribution < 1.29 is 9.53 Å². The number of esters is 1. The molecule has 0 aliphatic carbocycles. The van der Waals surface area contributed by atoms with Gasteiger partial charge in [0, 0.05) is 23.5 Å². The molecule has 1 aromatic heterocycles. The molecular formula is C15H20N2O2. The van der Waals surface area contributed by atoms with E-state index < -0.39 is 0 Å². The van der Waals surface area contributed by atoms with Crippen molar-refractivity contribution in [1.82, 2.24) is 4.98 Å². The third-order valence-electron chi connectivity index (χ3n) is 3.12. The number of ether oxygens (including phenoxy) is 1. The Morgan fingerprint density at radius 3 is 3.00 bits per heavy atom. The number of aromatic nitrogens is 1. The first-order valence-corrected chi connectivity index (χ1v) is 6.75. The molecule has 0 saturated carbocycles. The number of unbranched alkanes of at least 4 members (excludes halogenated alkanes) is 1. The molecule has 4 nitrogen and oxygen atoms in total. The van der Waals surface area contributed by atoms with Gasteiger partial charge in [0.05, 0.1) is 0 Å². The average Bonchev–Trinajstić information content (AvgIpc) is 2.80. The van der Waals surface area contributed by atoms with E-state index in [2.05, 4.69) is 11.9 Å². The summed E-state index contributed by atoms with van der Waals surface area (Å²) >= 11 is 0. The molecule has 1 heterocycles. The van der Waals surface area contributed by atoms with Crippen LogP contribution in [0.25, 0.3) is 10.9 Å². The molecule has 19 heavy (non-hydrogen) atoms. The lowest BCUT2D eigenvalue weighted by Crippen LogP contribution is -2.07. The zero-order chi connectivity index (χ0) is 13.7. The summed E-state index contributed by atoms with van der Waals surface area (Å²) in [4.78, 5) is 14.8. The molecular weight excluding hydrogens is 240 g/mol. The predicted molar refractivity (Wildman–Crippen MR) is 76.2 cm³/mol. The Balaban J connectivity index is 2.15. The summed E-state index contributed by atoms with van der Waals surface area (Å²) in [6.07, 6.45) is 5.10. The average molecular weight is 260 g/mol. The highest BCUT2D eigenvalue weighted by molar-refractivity contribution is 5.85. The molecule has 0 spiro atoms. The van der Waals surface area contributed by atoms with Gasteiger partial charge in [-0.2, -0.15) is 0 Å². The highest BCUT2D eigenvalue weighted by Gasteiger charge is 2.08. The van der Waals surface area contributed by atoms with Crippen LogP contribution < -0.4 is 10.5 Å². The first kappa shape index (κ1) is 13.6. The number of fused-ring (bicyclic) bond motifs is 1. The minimum atomic E-state index is -0.169. The highest BCUT2D eigenvalue weighted by atomic mass is 16.5. The van der Waals surface area contributed by atoms with E-state index in [9.17, 15) is 4.79 Å². The van der Waals surface area contributed by atoms with Gasteiger partial charge in [-0.25, -0.2) is 0 Å². The molecule has 0 fully saturated rings. The van der Waals surface area contributed by atoms with Crippen molar-refractivity contribution in [3.05, 3.63) is 30.0 Å². The molecule has 102 valence electrons. The Bertz CT molecular complexity index is 560. The van der Waals surface area contributed by atoms with Crippen LogP contribution in [0.4, 0.5) is 0 Å². The fraction of sp³-hybridized carbons (Fsp3) is 0.400. The number of benzene rings is 1. The van der Waals surface area contributed by atoms with Crippen molar-refractivity contribution in [2.75, 3.05) is 6.54 Å². The predicted octanol–water partition coefficient (Wildman–Crippen LogP) is 2.76. The second-order valence-electron chi connectivity index (χ2n) is 4.64. The van der Waals surface area contributed by atoms with Crippen LogP contribution in [0.2, 0.25) is 0 Å². The monoisotopic (exact) mass is 260 g/mol. The third kappa shape index (κ3) is 3.35. The van der Waals surface area contributed by atoms with Gasteiger partial charge >= 0.3 is 5.97 Å². The van der Waals surface area contributed by atoms with E-state index in [0.29, 0.717) is 18.7 Å². The molecule has 0 aliphatic rings. The first-order valence-electron chi connectivity index (χ1n) is 6.75. The number of rotatable bonds is 6. The van der Waals surface area contributed by atoms with E-state index in [4.69, 9.17) is 10.5 Å². The maximum Gasteiger partial charge on any atom is 0.311 e. The van der Waals surface area contributed by atoms with Crippen molar-refractivity contribution >= 4 is 16.9 Å². The molecule has 0 amide bonds. The molecule has 4 heteroatoms. The van der Waals surface area contributed by atoms with Crippen LogP contribution >= 0.6 is 0 Å². The lowest BCUT2D eigenvalue weighted by molar-refractivity contribution is -0.134. The summed E-state index contributed by atoms with van der Waals surface area (Å²) < 4.78 is 5.34. The van der Waals surface area contributed by atoms with Gasteiger partial charge in [0.25, 0.3) is 0 Å². The first-order chi connectivity index (χ1) is 9.24. The van der Waals surface area contributed by atoms with Gasteiger partial charge in [0.2, 0.25) is 0 Å². The van der Waals surface area contributed by atoms with Crippen molar-refractivity contribution in [2.24, 2.45) is 5.73 Å². The number of nitrogens with one attached hydrogen (secondary N) is 1. The molecule has 2 rings (SSSR count). The van der Waals surface area contributed by atoms with Crippen LogP contribution in [0.1, 0.15) is 31.7 Å². The summed E-state index contributed by atoms with van der Waals surface area (Å²) in [7, 11) is 0. The lowest BCUT2D eigenvalue weighted by atomic mass is 10.1. The minimum absolute atomic E-state index is 0.169. The van der Waals surface area contributed by atoms with Gasteiger partial charge in [0.15, 0.2) is 0 Å². The molecule has 0 aliphatic heterocycles. The van der Waals surface area contributed by atoms with E-state index in [-0.39, 0.29) is 5.97 Å². The maximum absolute atomic E-state index is 11.6. The molecule has 0 atom stereocenters. The van der Waals surface area contributed by atoms with Crippen molar-refractivity contribution in [2.45, 2.75) is 32.6 Å². The summed E-state index contributed by atoms with van der Waals surface area (Å²) in [5, 5.41) is 1.08. The number of H-pyrrole nitrogens is 1. The fourth-order valence-corrected chi connectivity index (χ4v) is 2.09. The molecule has 3 N–H and O–H groups in total. The SMILES string of the molecule is CCCCC(=O)Oc1ccc2[nH]cc(CCN)c2c1. The van der Waals surface area contributed by atoms with Crippen LogP contribution in [-0.2, 0) is 11.2 Å². The second kappa shape index (κ2) is 6.38. The summed E-state index contributed by atoms with van der Waals surface area (Å²) in [5.41, 5.74) is 7.78. The van der Waals surface area contributed by atoms with Crippen molar-refractivity contribution in [3.63, 3.8) is 0 Å². The quantitative estimate of drug-likeness (QED) is 0.620. The van der Waals surface area contributed by atoms with Crippen LogP contribution in [0, 0.1) is 0 Å². The third-order valence-corrected chi connectivity index (χ3v) is 3.12. The van der Waals surface area contributed by atoms with Gasteiger partial charge in [-0.05, 0) is 43.1 Å². The Kier molecular flexibility index (Phi) is 4.58. The minimum Gasteiger partial charge on any atom is -0.427 e. The van der Waals surface area contributed by atoms with Gasteiger partial charge < -0.3 is 15.5 Å². The fourth-order valence-electron chi connectivity index (χ4n) is 2.09. The Morgan fingerprint density at radius 1 is 1.42 bits per heavy atom. The van der Waals surface area contributed by atoms with Crippen molar-refractivity contribution in [1.29, 1.82) is 0 Å². The van der Waals surface area contributed by atoms with Crippen LogP contribution in [0.5, 0.6) is 5.75 Å². The number of nitrogens with two attached hydrogens (primary N) is 1.